The average Bonchev–Trinajstić information content (AvgIpc) is 3.30. The third kappa shape index (κ3) is 7.88. The molecule has 0 bridgehead atoms. The Morgan fingerprint density at radius 2 is 1.68 bits per heavy atom. The number of ketones is 1. The predicted octanol–water partition coefficient (Wildman–Crippen LogP) is 4.15. The summed E-state index contributed by atoms with van der Waals surface area (Å²) in [6.07, 6.45) is 5.32. The van der Waals surface area contributed by atoms with Gasteiger partial charge in [0.25, 0.3) is 0 Å². The van der Waals surface area contributed by atoms with Gasteiger partial charge in [-0.2, -0.15) is 0 Å². The van der Waals surface area contributed by atoms with Crippen LogP contribution >= 0.6 is 11.3 Å². The van der Waals surface area contributed by atoms with Gasteiger partial charge in [0.1, 0.15) is 28.6 Å². The highest BCUT2D eigenvalue weighted by Crippen LogP contribution is 2.33. The second kappa shape index (κ2) is 13.0. The molecule has 0 amide bonds. The molecule has 8 heteroatoms. The van der Waals surface area contributed by atoms with Gasteiger partial charge in [-0.3, -0.25) is 4.79 Å². The van der Waals surface area contributed by atoms with E-state index in [4.69, 9.17) is 19.3 Å². The lowest BCUT2D eigenvalue weighted by Crippen LogP contribution is -2.31. The Labute approximate surface area is 187 Å². The molecule has 170 valence electrons. The average molecular weight is 450 g/mol. The minimum Gasteiger partial charge on any atom is -0.496 e. The number of nitrogens with zero attached hydrogens (tertiary/aromatic N) is 1. The van der Waals surface area contributed by atoms with Crippen LogP contribution in [0, 0.1) is 0 Å². The number of methoxy groups -OCH3 is 3. The van der Waals surface area contributed by atoms with E-state index in [1.54, 1.807) is 11.3 Å². The summed E-state index contributed by atoms with van der Waals surface area (Å²) in [7, 11) is 4.26. The molecule has 0 radical (unpaired) electrons. The van der Waals surface area contributed by atoms with Crippen LogP contribution in [0.4, 0.5) is 0 Å². The van der Waals surface area contributed by atoms with Gasteiger partial charge in [-0.1, -0.05) is 12.5 Å². The fourth-order valence-corrected chi connectivity index (χ4v) is 4.11. The molecule has 1 N–H and O–H groups in total. The van der Waals surface area contributed by atoms with Gasteiger partial charge in [-0.05, 0) is 37.4 Å². The van der Waals surface area contributed by atoms with Crippen LogP contribution < -0.4 is 14.2 Å². The molecular formula is C23H31NO6S. The molecule has 0 saturated carbocycles. The number of aromatic carboxylic acids is 1. The van der Waals surface area contributed by atoms with Crippen LogP contribution in [0.3, 0.4) is 0 Å². The Bertz CT molecular complexity index is 806. The van der Waals surface area contributed by atoms with Crippen molar-refractivity contribution in [3.05, 3.63) is 40.1 Å². The first kappa shape index (κ1) is 24.7. The molecule has 3 rings (SSSR count). The maximum absolute atomic E-state index is 11.7. The topological polar surface area (TPSA) is 85.3 Å². The van der Waals surface area contributed by atoms with Gasteiger partial charge in [-0.25, -0.2) is 4.79 Å². The summed E-state index contributed by atoms with van der Waals surface area (Å²) < 4.78 is 14.9. The Balaban J connectivity index is 0.000000221. The van der Waals surface area contributed by atoms with Crippen molar-refractivity contribution >= 4 is 23.1 Å². The molecule has 2 aromatic rings. The quantitative estimate of drug-likeness (QED) is 0.616. The number of carbonyl (C=O) groups is 2. The smallest absolute Gasteiger partial charge is 0.343 e. The molecule has 0 aliphatic carbocycles. The van der Waals surface area contributed by atoms with E-state index in [9.17, 15) is 9.59 Å². The molecule has 0 spiro atoms. The minimum absolute atomic E-state index is 0.0131. The van der Waals surface area contributed by atoms with Crippen molar-refractivity contribution < 1.29 is 28.9 Å². The number of piperidine rings is 1. The Morgan fingerprint density at radius 3 is 2.16 bits per heavy atom. The summed E-state index contributed by atoms with van der Waals surface area (Å²) in [5, 5.41) is 11.0. The molecule has 1 aromatic heterocycles. The molecule has 31 heavy (non-hydrogen) atoms. The number of hydrogen-bond donors (Lipinski definition) is 1. The van der Waals surface area contributed by atoms with Gasteiger partial charge >= 0.3 is 5.97 Å². The first-order valence-corrected chi connectivity index (χ1v) is 11.2. The number of ether oxygens (including phenoxy) is 3. The first-order valence-electron chi connectivity index (χ1n) is 10.3. The number of thiophene rings is 1. The van der Waals surface area contributed by atoms with Crippen molar-refractivity contribution in [2.24, 2.45) is 0 Å². The van der Waals surface area contributed by atoms with Crippen LogP contribution in [0.15, 0.2) is 29.6 Å². The monoisotopic (exact) mass is 449 g/mol. The van der Waals surface area contributed by atoms with Crippen LogP contribution in [0.1, 0.15) is 40.9 Å². The molecule has 7 nitrogen and oxygen atoms in total. The minimum atomic E-state index is -1.11. The van der Waals surface area contributed by atoms with Crippen LogP contribution in [0.5, 0.6) is 17.2 Å². The van der Waals surface area contributed by atoms with Gasteiger partial charge in [0.2, 0.25) is 0 Å². The summed E-state index contributed by atoms with van der Waals surface area (Å²) in [6.45, 7) is 3.34. The first-order chi connectivity index (χ1) is 15.0. The summed E-state index contributed by atoms with van der Waals surface area (Å²) >= 11 is 1.68. The number of benzene rings is 1. The van der Waals surface area contributed by atoms with E-state index in [2.05, 4.69) is 4.90 Å². The van der Waals surface area contributed by atoms with Crippen molar-refractivity contribution in [3.63, 3.8) is 0 Å². The van der Waals surface area contributed by atoms with Crippen molar-refractivity contribution in [1.29, 1.82) is 0 Å². The molecule has 1 aliphatic rings. The Hall–Kier alpha value is -2.58. The molecule has 0 unspecified atom stereocenters. The maximum atomic E-state index is 11.7. The molecular weight excluding hydrogens is 418 g/mol. The molecule has 2 heterocycles. The van der Waals surface area contributed by atoms with E-state index in [0.717, 1.165) is 13.0 Å². The number of Topliss-reactive ketones (excluding diaryl/α,β-unsaturated/α-hetero) is 1. The zero-order valence-electron chi connectivity index (χ0n) is 18.4. The molecule has 1 aromatic carbocycles. The fraction of sp³-hybridized carbons (Fsp3) is 0.478. The van der Waals surface area contributed by atoms with Gasteiger partial charge < -0.3 is 24.2 Å². The standard InChI is InChI=1S/C13H19NOS.C10H12O5/c15-12(11-13-5-4-10-16-13)6-9-14-7-2-1-3-8-14;1-13-6-4-7(14-2)9(10(11)12)8(5-6)15-3/h4-5,10H,1-3,6-9,11H2;4-5H,1-3H3,(H,11,12). The number of carboxylic acids is 1. The van der Waals surface area contributed by atoms with Crippen molar-refractivity contribution in [2.45, 2.75) is 32.1 Å². The van der Waals surface area contributed by atoms with E-state index in [1.165, 1.54) is 70.7 Å². The summed E-state index contributed by atoms with van der Waals surface area (Å²) in [5.41, 5.74) is -0.0131. The SMILES string of the molecule is COc1cc(OC)c(C(=O)O)c(OC)c1.O=C(CCN1CCCCC1)Cc1cccs1. The third-order valence-corrected chi connectivity index (χ3v) is 5.91. The Kier molecular flexibility index (Phi) is 10.3. The second-order valence-electron chi connectivity index (χ2n) is 7.16. The van der Waals surface area contributed by atoms with Crippen LogP contribution in [0.25, 0.3) is 0 Å². The van der Waals surface area contributed by atoms with E-state index in [1.807, 2.05) is 17.5 Å². The lowest BCUT2D eigenvalue weighted by molar-refractivity contribution is -0.118. The number of rotatable bonds is 9. The van der Waals surface area contributed by atoms with Gasteiger partial charge in [-0.15, -0.1) is 11.3 Å². The highest BCUT2D eigenvalue weighted by atomic mass is 32.1. The Morgan fingerprint density at radius 1 is 1.03 bits per heavy atom. The van der Waals surface area contributed by atoms with E-state index in [-0.39, 0.29) is 17.1 Å². The van der Waals surface area contributed by atoms with E-state index >= 15 is 0 Å². The normalized spacial score (nSPS) is 13.6. The molecule has 1 saturated heterocycles. The second-order valence-corrected chi connectivity index (χ2v) is 8.19. The predicted molar refractivity (Wildman–Crippen MR) is 121 cm³/mol. The number of carboxylic acid groups (broad SMARTS) is 1. The lowest BCUT2D eigenvalue weighted by Gasteiger charge is -2.25. The zero-order valence-corrected chi connectivity index (χ0v) is 19.2. The van der Waals surface area contributed by atoms with Crippen molar-refractivity contribution in [2.75, 3.05) is 41.0 Å². The number of likely N-dealkylation sites (tertiary alicyclic amines) is 1. The van der Waals surface area contributed by atoms with Crippen LogP contribution in [-0.4, -0.2) is 62.7 Å². The summed E-state index contributed by atoms with van der Waals surface area (Å²) in [5.74, 6) is 0.172. The largest absolute Gasteiger partial charge is 0.496 e. The maximum Gasteiger partial charge on any atom is 0.343 e. The van der Waals surface area contributed by atoms with Gasteiger partial charge in [0.05, 0.1) is 21.3 Å². The zero-order chi connectivity index (χ0) is 22.6. The molecule has 1 aliphatic heterocycles. The van der Waals surface area contributed by atoms with Crippen molar-refractivity contribution in [3.8, 4) is 17.2 Å². The van der Waals surface area contributed by atoms with E-state index in [0.29, 0.717) is 18.0 Å². The third-order valence-electron chi connectivity index (χ3n) is 5.04. The highest BCUT2D eigenvalue weighted by molar-refractivity contribution is 7.10. The van der Waals surface area contributed by atoms with Crippen molar-refractivity contribution in [1.82, 2.24) is 4.90 Å². The molecule has 1 fully saturated rings. The van der Waals surface area contributed by atoms with Gasteiger partial charge in [0, 0.05) is 36.4 Å². The number of hydrogen-bond acceptors (Lipinski definition) is 7. The van der Waals surface area contributed by atoms with E-state index < -0.39 is 5.97 Å². The summed E-state index contributed by atoms with van der Waals surface area (Å²) in [4.78, 5) is 26.3. The lowest BCUT2D eigenvalue weighted by atomic mass is 10.1. The molecule has 0 atom stereocenters. The highest BCUT2D eigenvalue weighted by Gasteiger charge is 2.19. The van der Waals surface area contributed by atoms with Crippen LogP contribution in [-0.2, 0) is 11.2 Å². The fourth-order valence-electron chi connectivity index (χ4n) is 3.38. The van der Waals surface area contributed by atoms with Crippen LogP contribution in [0.2, 0.25) is 0 Å². The number of carbonyl (C=O) groups excluding carboxylic acids is 1. The summed E-state index contributed by atoms with van der Waals surface area (Å²) in [6, 6.07) is 7.04. The van der Waals surface area contributed by atoms with Gasteiger partial charge in [0.15, 0.2) is 0 Å².